The van der Waals surface area contributed by atoms with Gasteiger partial charge in [-0.3, -0.25) is 4.79 Å². The average Bonchev–Trinajstić information content (AvgIpc) is 2.59. The van der Waals surface area contributed by atoms with Crippen LogP contribution in [0.5, 0.6) is 0 Å². The van der Waals surface area contributed by atoms with E-state index in [1.807, 2.05) is 90.6 Å². The summed E-state index contributed by atoms with van der Waals surface area (Å²) in [6, 6.07) is 11.4. The number of carbonyl (C=O) groups excluding carboxylic acids is 1. The molecule has 0 aliphatic heterocycles. The summed E-state index contributed by atoms with van der Waals surface area (Å²) < 4.78 is 0. The van der Waals surface area contributed by atoms with Crippen LogP contribution in [0.25, 0.3) is 0 Å². The van der Waals surface area contributed by atoms with Gasteiger partial charge < -0.3 is 14.5 Å². The Hall–Kier alpha value is -1.95. The van der Waals surface area contributed by atoms with E-state index >= 15 is 0 Å². The Labute approximate surface area is 176 Å². The molecule has 0 radical (unpaired) electrons. The van der Waals surface area contributed by atoms with Crippen molar-refractivity contribution in [3.63, 3.8) is 0 Å². The van der Waals surface area contributed by atoms with E-state index in [0.29, 0.717) is 16.3 Å². The van der Waals surface area contributed by atoms with E-state index in [1.165, 1.54) is 0 Å². The molecule has 2 aromatic carbocycles. The summed E-state index contributed by atoms with van der Waals surface area (Å²) >= 11 is 0. The molecule has 0 aliphatic carbocycles. The second kappa shape index (κ2) is 8.82. The topological polar surface area (TPSA) is 60.8 Å². The first kappa shape index (κ1) is 23.3. The van der Waals surface area contributed by atoms with Crippen LogP contribution in [-0.4, -0.2) is 41.0 Å². The number of hydrogen-bond donors (Lipinski definition) is 2. The molecular weight excluding hydrogens is 378 g/mol. The van der Waals surface area contributed by atoms with Gasteiger partial charge in [0.1, 0.15) is 0 Å². The second-order valence-corrected chi connectivity index (χ2v) is 11.5. The highest BCUT2D eigenvalue weighted by Crippen LogP contribution is 2.29. The Morgan fingerprint density at radius 1 is 0.897 bits per heavy atom. The van der Waals surface area contributed by atoms with Crippen molar-refractivity contribution in [2.24, 2.45) is 0 Å². The Balaban J connectivity index is 2.57. The van der Waals surface area contributed by atoms with Crippen molar-refractivity contribution in [2.45, 2.75) is 73.0 Å². The van der Waals surface area contributed by atoms with Gasteiger partial charge in [-0.25, -0.2) is 0 Å². The van der Waals surface area contributed by atoms with Crippen LogP contribution < -0.4 is 5.19 Å². The SMILES string of the molecule is Cc1cc(C)c([Si](O)(O)[C@@H](C)c2ccccc2C(=O)N(C(C)C)C(C)C)c(C)c1. The zero-order valence-electron chi connectivity index (χ0n) is 18.9. The van der Waals surface area contributed by atoms with Gasteiger partial charge in [-0.1, -0.05) is 42.8 Å². The monoisotopic (exact) mass is 413 g/mol. The van der Waals surface area contributed by atoms with Crippen LogP contribution in [0.4, 0.5) is 0 Å². The van der Waals surface area contributed by atoms with E-state index < -0.39 is 14.1 Å². The van der Waals surface area contributed by atoms with Crippen LogP contribution in [0.3, 0.4) is 0 Å². The fourth-order valence-corrected chi connectivity index (χ4v) is 6.89. The molecule has 0 saturated heterocycles. The molecule has 158 valence electrons. The lowest BCUT2D eigenvalue weighted by Gasteiger charge is -2.33. The predicted octanol–water partition coefficient (Wildman–Crippen LogP) is 3.85. The van der Waals surface area contributed by atoms with Crippen LogP contribution >= 0.6 is 0 Å². The lowest BCUT2D eigenvalue weighted by molar-refractivity contribution is 0.0642. The zero-order valence-corrected chi connectivity index (χ0v) is 19.9. The van der Waals surface area contributed by atoms with Crippen molar-refractivity contribution < 1.29 is 14.4 Å². The molecule has 0 saturated carbocycles. The molecule has 29 heavy (non-hydrogen) atoms. The Kier molecular flexibility index (Phi) is 7.09. The quantitative estimate of drug-likeness (QED) is 0.707. The summed E-state index contributed by atoms with van der Waals surface area (Å²) in [7, 11) is -3.87. The van der Waals surface area contributed by atoms with Gasteiger partial charge in [-0.2, -0.15) is 0 Å². The van der Waals surface area contributed by atoms with Gasteiger partial charge in [-0.05, 0) is 71.2 Å². The molecule has 2 aromatic rings. The fraction of sp³-hybridized carbons (Fsp3) is 0.458. The molecule has 0 fully saturated rings. The van der Waals surface area contributed by atoms with Crippen molar-refractivity contribution in [1.29, 1.82) is 0 Å². The molecule has 0 heterocycles. The molecule has 4 nitrogen and oxygen atoms in total. The van der Waals surface area contributed by atoms with Gasteiger partial charge in [0.25, 0.3) is 5.91 Å². The first-order valence-corrected chi connectivity index (χ1v) is 12.3. The van der Waals surface area contributed by atoms with Crippen LogP contribution in [0.2, 0.25) is 0 Å². The van der Waals surface area contributed by atoms with Crippen LogP contribution in [-0.2, 0) is 0 Å². The van der Waals surface area contributed by atoms with Crippen molar-refractivity contribution in [3.8, 4) is 0 Å². The number of aryl methyl sites for hydroxylation is 3. The largest absolute Gasteiger partial charge is 0.407 e. The molecule has 0 bridgehead atoms. The summed E-state index contributed by atoms with van der Waals surface area (Å²) in [4.78, 5) is 38.0. The highest BCUT2D eigenvalue weighted by atomic mass is 28.4. The molecule has 5 heteroatoms. The standard InChI is InChI=1S/C24H35NO3Si/c1-15(2)25(16(3)4)24(26)22-12-10-9-11-21(22)20(8)29(27,28)23-18(6)13-17(5)14-19(23)7/h9-16,20,27-28H,1-8H3/t20-/m0/s1. The van der Waals surface area contributed by atoms with E-state index in [9.17, 15) is 14.4 Å². The lowest BCUT2D eigenvalue weighted by Crippen LogP contribution is -2.56. The molecule has 1 amide bonds. The number of hydrogen-bond acceptors (Lipinski definition) is 3. The van der Waals surface area contributed by atoms with E-state index in [4.69, 9.17) is 0 Å². The predicted molar refractivity (Wildman–Crippen MR) is 122 cm³/mol. The third-order valence-corrected chi connectivity index (χ3v) is 8.70. The van der Waals surface area contributed by atoms with E-state index in [0.717, 1.165) is 16.7 Å². The Morgan fingerprint density at radius 3 is 1.86 bits per heavy atom. The van der Waals surface area contributed by atoms with Crippen molar-refractivity contribution in [3.05, 3.63) is 64.2 Å². The maximum atomic E-state index is 13.4. The number of carbonyl (C=O) groups is 1. The minimum absolute atomic E-state index is 0.0534. The highest BCUT2D eigenvalue weighted by molar-refractivity contribution is 6.80. The van der Waals surface area contributed by atoms with Crippen LogP contribution in [0.15, 0.2) is 36.4 Å². The third kappa shape index (κ3) is 4.63. The summed E-state index contributed by atoms with van der Waals surface area (Å²) in [5.41, 5.74) is 3.57. The summed E-state index contributed by atoms with van der Waals surface area (Å²) in [6.07, 6.45) is 0. The third-order valence-electron chi connectivity index (χ3n) is 5.65. The molecule has 2 N–H and O–H groups in total. The Morgan fingerprint density at radius 2 is 1.38 bits per heavy atom. The smallest absolute Gasteiger partial charge is 0.375 e. The van der Waals surface area contributed by atoms with Crippen molar-refractivity contribution >= 4 is 19.7 Å². The van der Waals surface area contributed by atoms with Gasteiger partial charge in [-0.15, -0.1) is 0 Å². The van der Waals surface area contributed by atoms with Gasteiger partial charge in [0, 0.05) is 28.4 Å². The minimum atomic E-state index is -3.87. The van der Waals surface area contributed by atoms with E-state index in [2.05, 4.69) is 0 Å². The Bertz CT molecular complexity index is 858. The molecule has 0 unspecified atom stereocenters. The van der Waals surface area contributed by atoms with Gasteiger partial charge in [0.15, 0.2) is 0 Å². The number of benzene rings is 2. The fourth-order valence-electron chi connectivity index (χ4n) is 4.47. The molecule has 2 rings (SSSR count). The van der Waals surface area contributed by atoms with Gasteiger partial charge in [0.05, 0.1) is 0 Å². The maximum Gasteiger partial charge on any atom is 0.375 e. The summed E-state index contributed by atoms with van der Waals surface area (Å²) in [6.45, 7) is 15.7. The van der Waals surface area contributed by atoms with Gasteiger partial charge in [0.2, 0.25) is 0 Å². The molecular formula is C24H35NO3Si. The molecule has 1 atom stereocenters. The molecule has 0 aliphatic rings. The minimum Gasteiger partial charge on any atom is -0.407 e. The zero-order chi connectivity index (χ0) is 22.1. The molecule has 0 spiro atoms. The number of rotatable bonds is 6. The van der Waals surface area contributed by atoms with Crippen LogP contribution in [0.1, 0.15) is 72.8 Å². The number of nitrogens with zero attached hydrogens (tertiary/aromatic N) is 1. The maximum absolute atomic E-state index is 13.4. The number of amides is 1. The summed E-state index contributed by atoms with van der Waals surface area (Å²) in [5.74, 6) is -0.0698. The van der Waals surface area contributed by atoms with Crippen molar-refractivity contribution in [1.82, 2.24) is 4.90 Å². The lowest BCUT2D eigenvalue weighted by atomic mass is 10.0. The highest BCUT2D eigenvalue weighted by Gasteiger charge is 2.43. The summed E-state index contributed by atoms with van der Waals surface area (Å²) in [5, 5.41) is 0.641. The van der Waals surface area contributed by atoms with Gasteiger partial charge >= 0.3 is 8.56 Å². The first-order valence-electron chi connectivity index (χ1n) is 10.3. The van der Waals surface area contributed by atoms with Crippen LogP contribution in [0, 0.1) is 20.8 Å². The molecule has 0 aromatic heterocycles. The van der Waals surface area contributed by atoms with Crippen molar-refractivity contribution in [2.75, 3.05) is 0 Å². The van der Waals surface area contributed by atoms with E-state index in [1.54, 1.807) is 6.07 Å². The average molecular weight is 414 g/mol. The second-order valence-electron chi connectivity index (χ2n) is 8.71. The first-order chi connectivity index (χ1) is 13.4. The normalized spacial score (nSPS) is 13.1. The van der Waals surface area contributed by atoms with E-state index in [-0.39, 0.29) is 18.0 Å².